The van der Waals surface area contributed by atoms with Gasteiger partial charge in [-0.25, -0.2) is 9.48 Å². The van der Waals surface area contributed by atoms with E-state index in [-0.39, 0.29) is 13.0 Å². The second kappa shape index (κ2) is 5.52. The first kappa shape index (κ1) is 14.5. The van der Waals surface area contributed by atoms with Gasteiger partial charge in [0.1, 0.15) is 0 Å². The van der Waals surface area contributed by atoms with E-state index in [4.69, 9.17) is 4.74 Å². The van der Waals surface area contributed by atoms with Crippen LogP contribution in [-0.4, -0.2) is 33.1 Å². The molecule has 0 amide bonds. The molecule has 3 aromatic rings. The number of nitrogens with zero attached hydrogens (tertiary/aromatic N) is 2. The summed E-state index contributed by atoms with van der Waals surface area (Å²) in [5.74, 6) is 4.82. The maximum absolute atomic E-state index is 11.5. The zero-order valence-corrected chi connectivity index (χ0v) is 12.8. The number of carbonyl (C=O) groups excluding carboxylic acids is 1. The Labute approximate surface area is 138 Å². The molecule has 0 radical (unpaired) electrons. The Morgan fingerprint density at radius 1 is 1.21 bits per heavy atom. The highest BCUT2D eigenvalue weighted by Crippen LogP contribution is 2.20. The molecule has 24 heavy (non-hydrogen) atoms. The molecule has 2 heterocycles. The molecule has 0 aliphatic carbocycles. The van der Waals surface area contributed by atoms with Gasteiger partial charge in [-0.15, -0.1) is 0 Å². The van der Waals surface area contributed by atoms with Gasteiger partial charge in [0.2, 0.25) is 5.60 Å². The molecule has 1 aliphatic heterocycles. The second-order valence-corrected chi connectivity index (χ2v) is 5.66. The quantitative estimate of drug-likeness (QED) is 0.551. The average Bonchev–Trinajstić information content (AvgIpc) is 3.18. The maximum atomic E-state index is 11.5. The highest BCUT2D eigenvalue weighted by Gasteiger charge is 2.41. The van der Waals surface area contributed by atoms with E-state index in [1.165, 1.54) is 0 Å². The summed E-state index contributed by atoms with van der Waals surface area (Å²) in [7, 11) is 0. The van der Waals surface area contributed by atoms with Gasteiger partial charge >= 0.3 is 5.97 Å². The molecule has 0 unspecified atom stereocenters. The number of fused-ring (bicyclic) bond motifs is 1. The Hall–Kier alpha value is -3.10. The molecule has 1 fully saturated rings. The van der Waals surface area contributed by atoms with E-state index in [1.54, 1.807) is 0 Å². The second-order valence-electron chi connectivity index (χ2n) is 5.66. The number of carbonyl (C=O) groups is 1. The first-order chi connectivity index (χ1) is 11.7. The lowest BCUT2D eigenvalue weighted by Crippen LogP contribution is -2.31. The summed E-state index contributed by atoms with van der Waals surface area (Å²) in [5, 5.41) is 15.6. The van der Waals surface area contributed by atoms with E-state index in [1.807, 2.05) is 59.4 Å². The summed E-state index contributed by atoms with van der Waals surface area (Å²) >= 11 is 0. The molecule has 0 bridgehead atoms. The smallest absolute Gasteiger partial charge is 0.351 e. The van der Waals surface area contributed by atoms with Crippen molar-refractivity contribution in [2.75, 3.05) is 6.61 Å². The van der Waals surface area contributed by atoms with Crippen molar-refractivity contribution in [3.63, 3.8) is 0 Å². The van der Waals surface area contributed by atoms with Crippen molar-refractivity contribution in [2.24, 2.45) is 0 Å². The number of hydrogen-bond donors (Lipinski definition) is 1. The van der Waals surface area contributed by atoms with Gasteiger partial charge in [0, 0.05) is 17.4 Å². The highest BCUT2D eigenvalue weighted by atomic mass is 16.6. The fraction of sp³-hybridized carbons (Fsp3) is 0.158. The van der Waals surface area contributed by atoms with Crippen LogP contribution in [0.1, 0.15) is 12.0 Å². The first-order valence-electron chi connectivity index (χ1n) is 7.62. The van der Waals surface area contributed by atoms with Crippen LogP contribution in [0, 0.1) is 11.8 Å². The van der Waals surface area contributed by atoms with E-state index < -0.39 is 11.6 Å². The molecule has 1 saturated heterocycles. The minimum absolute atomic E-state index is 0.197. The molecule has 4 rings (SSSR count). The summed E-state index contributed by atoms with van der Waals surface area (Å²) < 4.78 is 6.61. The standard InChI is InChI=1S/C19H14N2O3/c22-18-19(23,10-11-24-18)9-8-14-4-3-6-16(12-14)21-17-7-2-1-5-15(17)13-20-21/h1-7,12-13,23H,10-11H2/t19-/m0/s1. The summed E-state index contributed by atoms with van der Waals surface area (Å²) in [6.07, 6.45) is 2.01. The Kier molecular flexibility index (Phi) is 3.33. The zero-order chi connectivity index (χ0) is 16.6. The largest absolute Gasteiger partial charge is 0.463 e. The topological polar surface area (TPSA) is 64.3 Å². The van der Waals surface area contributed by atoms with Crippen LogP contribution in [0.2, 0.25) is 0 Å². The third-order valence-corrected chi connectivity index (χ3v) is 4.02. The number of cyclic esters (lactones) is 1. The zero-order valence-electron chi connectivity index (χ0n) is 12.8. The third-order valence-electron chi connectivity index (χ3n) is 4.02. The van der Waals surface area contributed by atoms with Gasteiger partial charge in [-0.3, -0.25) is 0 Å². The SMILES string of the molecule is O=C1OCC[C@@]1(O)C#Cc1cccc(-n2ncc3ccccc32)c1. The molecule has 5 heteroatoms. The molecule has 1 atom stereocenters. The normalized spacial score (nSPS) is 19.8. The molecule has 1 aromatic heterocycles. The van der Waals surface area contributed by atoms with Crippen LogP contribution >= 0.6 is 0 Å². The van der Waals surface area contributed by atoms with Gasteiger partial charge < -0.3 is 9.84 Å². The summed E-state index contributed by atoms with van der Waals surface area (Å²) in [6.45, 7) is 0.198. The van der Waals surface area contributed by atoms with E-state index in [0.717, 1.165) is 16.6 Å². The number of benzene rings is 2. The fourth-order valence-corrected chi connectivity index (χ4v) is 2.69. The summed E-state index contributed by atoms with van der Waals surface area (Å²) in [5.41, 5.74) is 0.860. The Morgan fingerprint density at radius 2 is 2.08 bits per heavy atom. The molecular formula is C19H14N2O3. The van der Waals surface area contributed by atoms with Crippen LogP contribution in [-0.2, 0) is 9.53 Å². The van der Waals surface area contributed by atoms with E-state index in [2.05, 4.69) is 16.9 Å². The van der Waals surface area contributed by atoms with Crippen molar-refractivity contribution in [1.82, 2.24) is 9.78 Å². The van der Waals surface area contributed by atoms with Crippen molar-refractivity contribution in [2.45, 2.75) is 12.0 Å². The first-order valence-corrected chi connectivity index (χ1v) is 7.62. The molecule has 1 aliphatic rings. The molecule has 118 valence electrons. The predicted molar refractivity (Wildman–Crippen MR) is 88.5 cm³/mol. The van der Waals surface area contributed by atoms with Crippen LogP contribution in [0.25, 0.3) is 16.6 Å². The van der Waals surface area contributed by atoms with Gasteiger partial charge in [0.15, 0.2) is 0 Å². The average molecular weight is 318 g/mol. The van der Waals surface area contributed by atoms with Gasteiger partial charge in [0.25, 0.3) is 0 Å². The number of rotatable bonds is 1. The lowest BCUT2D eigenvalue weighted by molar-refractivity contribution is -0.148. The van der Waals surface area contributed by atoms with Crippen molar-refractivity contribution in [3.8, 4) is 17.5 Å². The monoisotopic (exact) mass is 318 g/mol. The third kappa shape index (κ3) is 2.43. The van der Waals surface area contributed by atoms with Crippen LogP contribution in [0.4, 0.5) is 0 Å². The van der Waals surface area contributed by atoms with Crippen molar-refractivity contribution >= 4 is 16.9 Å². The lowest BCUT2D eigenvalue weighted by Gasteiger charge is -2.08. The van der Waals surface area contributed by atoms with Crippen molar-refractivity contribution < 1.29 is 14.6 Å². The highest BCUT2D eigenvalue weighted by molar-refractivity contribution is 5.85. The van der Waals surface area contributed by atoms with Gasteiger partial charge in [0.05, 0.1) is 24.0 Å². The predicted octanol–water partition coefficient (Wildman–Crippen LogP) is 2.05. The molecule has 1 N–H and O–H groups in total. The number of para-hydroxylation sites is 1. The molecule has 0 spiro atoms. The van der Waals surface area contributed by atoms with Gasteiger partial charge in [-0.2, -0.15) is 5.10 Å². The Balaban J connectivity index is 1.71. The summed E-state index contributed by atoms with van der Waals surface area (Å²) in [6, 6.07) is 15.4. The van der Waals surface area contributed by atoms with Crippen LogP contribution in [0.5, 0.6) is 0 Å². The van der Waals surface area contributed by atoms with Gasteiger partial charge in [-0.1, -0.05) is 36.1 Å². The molecule has 2 aromatic carbocycles. The van der Waals surface area contributed by atoms with Crippen LogP contribution in [0.3, 0.4) is 0 Å². The lowest BCUT2D eigenvalue weighted by atomic mass is 10.0. The molecular weight excluding hydrogens is 304 g/mol. The van der Waals surface area contributed by atoms with E-state index >= 15 is 0 Å². The Morgan fingerprint density at radius 3 is 2.92 bits per heavy atom. The van der Waals surface area contributed by atoms with Gasteiger partial charge in [-0.05, 0) is 24.3 Å². The minimum atomic E-state index is -1.70. The van der Waals surface area contributed by atoms with Crippen LogP contribution in [0.15, 0.2) is 54.7 Å². The van der Waals surface area contributed by atoms with Crippen molar-refractivity contribution in [3.05, 3.63) is 60.3 Å². The van der Waals surface area contributed by atoms with Crippen molar-refractivity contribution in [1.29, 1.82) is 0 Å². The number of hydrogen-bond acceptors (Lipinski definition) is 4. The minimum Gasteiger partial charge on any atom is -0.463 e. The maximum Gasteiger partial charge on any atom is 0.351 e. The number of ether oxygens (including phenoxy) is 1. The molecule has 5 nitrogen and oxygen atoms in total. The van der Waals surface area contributed by atoms with E-state index in [0.29, 0.717) is 5.56 Å². The number of aliphatic hydroxyl groups is 1. The number of aromatic nitrogens is 2. The Bertz CT molecular complexity index is 996. The number of esters is 1. The fourth-order valence-electron chi connectivity index (χ4n) is 2.69. The molecule has 0 saturated carbocycles. The summed E-state index contributed by atoms with van der Waals surface area (Å²) in [4.78, 5) is 11.5. The van der Waals surface area contributed by atoms with Crippen LogP contribution < -0.4 is 0 Å². The van der Waals surface area contributed by atoms with E-state index in [9.17, 15) is 9.90 Å².